The van der Waals surface area contributed by atoms with Gasteiger partial charge >= 0.3 is 11.9 Å². The maximum atomic E-state index is 13.1. The molecule has 1 amide bonds. The molecule has 1 saturated heterocycles. The van der Waals surface area contributed by atoms with Crippen molar-refractivity contribution in [2.45, 2.75) is 58.1 Å². The summed E-state index contributed by atoms with van der Waals surface area (Å²) in [5.74, 6) is -0.996. The Morgan fingerprint density at radius 1 is 1.17 bits per heavy atom. The van der Waals surface area contributed by atoms with E-state index in [0.717, 1.165) is 25.7 Å². The van der Waals surface area contributed by atoms with Crippen LogP contribution in [0.5, 0.6) is 11.5 Å². The van der Waals surface area contributed by atoms with E-state index in [1.54, 1.807) is 0 Å². The summed E-state index contributed by atoms with van der Waals surface area (Å²) in [4.78, 5) is 41.1. The average molecular weight is 485 g/mol. The molecular formula is C26H32N2O7. The van der Waals surface area contributed by atoms with Gasteiger partial charge in [0.25, 0.3) is 5.91 Å². The third-order valence-corrected chi connectivity index (χ3v) is 5.81. The Morgan fingerprint density at radius 3 is 2.66 bits per heavy atom. The molecule has 0 unspecified atom stereocenters. The van der Waals surface area contributed by atoms with Gasteiger partial charge < -0.3 is 24.3 Å². The van der Waals surface area contributed by atoms with Crippen molar-refractivity contribution in [2.24, 2.45) is 5.92 Å². The number of hydrogen-bond acceptors (Lipinski definition) is 8. The normalized spacial score (nSPS) is 20.4. The highest BCUT2D eigenvalue weighted by molar-refractivity contribution is 5.98. The Bertz CT molecular complexity index is 1010. The van der Waals surface area contributed by atoms with E-state index in [2.05, 4.69) is 22.4 Å². The molecule has 35 heavy (non-hydrogen) atoms. The summed E-state index contributed by atoms with van der Waals surface area (Å²) in [6.45, 7) is 2.71. The lowest BCUT2D eigenvalue weighted by atomic mass is 9.89. The van der Waals surface area contributed by atoms with E-state index in [1.165, 1.54) is 31.9 Å². The smallest absolute Gasteiger partial charge is 0.328 e. The van der Waals surface area contributed by atoms with Crippen LogP contribution in [0.15, 0.2) is 42.6 Å². The lowest BCUT2D eigenvalue weighted by Gasteiger charge is -2.21. The quantitative estimate of drug-likeness (QED) is 0.448. The Balaban J connectivity index is 1.69. The molecule has 0 radical (unpaired) electrons. The zero-order valence-corrected chi connectivity index (χ0v) is 20.3. The number of ether oxygens (including phenoxy) is 4. The van der Waals surface area contributed by atoms with Crippen LogP contribution in [0, 0.1) is 5.92 Å². The van der Waals surface area contributed by atoms with Gasteiger partial charge in [-0.05, 0) is 44.1 Å². The summed E-state index contributed by atoms with van der Waals surface area (Å²) in [5.41, 5.74) is 1.17. The Labute approximate surface area is 205 Å². The van der Waals surface area contributed by atoms with Crippen molar-refractivity contribution < 1.29 is 33.3 Å². The molecule has 1 fully saturated rings. The van der Waals surface area contributed by atoms with Crippen LogP contribution in [-0.2, 0) is 25.5 Å². The first-order valence-electron chi connectivity index (χ1n) is 11.7. The number of aromatic nitrogens is 1. The van der Waals surface area contributed by atoms with Crippen molar-refractivity contribution in [1.82, 2.24) is 10.3 Å². The fourth-order valence-corrected chi connectivity index (χ4v) is 4.20. The molecule has 3 atom stereocenters. The second-order valence-corrected chi connectivity index (χ2v) is 8.58. The van der Waals surface area contributed by atoms with E-state index >= 15 is 0 Å². The van der Waals surface area contributed by atoms with E-state index in [1.807, 2.05) is 25.1 Å². The molecule has 1 aromatic carbocycles. The van der Waals surface area contributed by atoms with Crippen LogP contribution in [0.25, 0.3) is 0 Å². The molecule has 188 valence electrons. The van der Waals surface area contributed by atoms with Crippen molar-refractivity contribution in [3.8, 4) is 11.5 Å². The number of hydrogen-bond donors (Lipinski definition) is 1. The van der Waals surface area contributed by atoms with Crippen molar-refractivity contribution in [3.05, 3.63) is 53.9 Å². The molecule has 0 saturated carbocycles. The summed E-state index contributed by atoms with van der Waals surface area (Å²) in [6, 6.07) is 10.9. The minimum atomic E-state index is -0.824. The molecule has 3 rings (SSSR count). The number of esters is 2. The second kappa shape index (κ2) is 12.7. The van der Waals surface area contributed by atoms with Crippen molar-refractivity contribution in [3.63, 3.8) is 0 Å². The molecule has 0 spiro atoms. The van der Waals surface area contributed by atoms with Crippen LogP contribution >= 0.6 is 0 Å². The van der Waals surface area contributed by atoms with Gasteiger partial charge in [0.2, 0.25) is 6.79 Å². The van der Waals surface area contributed by atoms with Crippen LogP contribution in [0.4, 0.5) is 0 Å². The van der Waals surface area contributed by atoms with Crippen molar-refractivity contribution >= 4 is 17.8 Å². The van der Waals surface area contributed by atoms with Gasteiger partial charge in [-0.2, -0.15) is 0 Å². The van der Waals surface area contributed by atoms with Gasteiger partial charge in [-0.15, -0.1) is 0 Å². The molecule has 0 bridgehead atoms. The Hall–Kier alpha value is -3.62. The topological polar surface area (TPSA) is 113 Å². The molecule has 1 aromatic heterocycles. The molecule has 1 aliphatic heterocycles. The summed E-state index contributed by atoms with van der Waals surface area (Å²) in [6.07, 6.45) is 4.90. The predicted molar refractivity (Wildman–Crippen MR) is 127 cm³/mol. The average Bonchev–Trinajstić information content (AvgIpc) is 2.88. The molecule has 1 aliphatic rings. The van der Waals surface area contributed by atoms with E-state index in [0.29, 0.717) is 12.3 Å². The lowest BCUT2D eigenvalue weighted by molar-refractivity contribution is -0.151. The van der Waals surface area contributed by atoms with Crippen LogP contribution in [-0.4, -0.2) is 48.9 Å². The highest BCUT2D eigenvalue weighted by Crippen LogP contribution is 2.30. The Morgan fingerprint density at radius 2 is 1.94 bits per heavy atom. The first-order chi connectivity index (χ1) is 16.9. The summed E-state index contributed by atoms with van der Waals surface area (Å²) in [5, 5.41) is 2.74. The van der Waals surface area contributed by atoms with Gasteiger partial charge in [-0.3, -0.25) is 9.59 Å². The number of nitrogens with zero attached hydrogens (tertiary/aromatic N) is 1. The fraction of sp³-hybridized carbons (Fsp3) is 0.462. The predicted octanol–water partition coefficient (Wildman–Crippen LogP) is 3.45. The summed E-state index contributed by atoms with van der Waals surface area (Å²) >= 11 is 0. The largest absolute Gasteiger partial charge is 0.493 e. The summed E-state index contributed by atoms with van der Waals surface area (Å²) < 4.78 is 21.2. The van der Waals surface area contributed by atoms with Gasteiger partial charge in [0.05, 0.1) is 13.2 Å². The van der Waals surface area contributed by atoms with Gasteiger partial charge in [0.15, 0.2) is 17.2 Å². The number of carbonyl (C=O) groups is 3. The van der Waals surface area contributed by atoms with E-state index in [9.17, 15) is 14.4 Å². The molecule has 9 heteroatoms. The standard InChI is InChI=1S/C26H32N2O7/c1-17-14-20(15-19-8-5-4-6-9-19)10-7-11-21(26(31)35-17)28-25(30)23-24(34-16-33-18(2)29)22(32-3)12-13-27-23/h4-6,8-9,12-13,17,20-21H,7,10-11,14-16H2,1-3H3,(H,28,30)/t17-,20-,21-/m0/s1. The van der Waals surface area contributed by atoms with Gasteiger partial charge in [-0.25, -0.2) is 9.78 Å². The number of methoxy groups -OCH3 is 1. The first kappa shape index (κ1) is 26.0. The van der Waals surface area contributed by atoms with Crippen molar-refractivity contribution in [1.29, 1.82) is 0 Å². The maximum Gasteiger partial charge on any atom is 0.328 e. The van der Waals surface area contributed by atoms with Crippen LogP contribution in [0.1, 0.15) is 55.6 Å². The number of amides is 1. The SMILES string of the molecule is COc1ccnc(C(=O)N[C@H]2CCC[C@H](Cc3ccccc3)C[C@H](C)OC2=O)c1OCOC(C)=O. The number of carbonyl (C=O) groups excluding carboxylic acids is 3. The summed E-state index contributed by atoms with van der Waals surface area (Å²) in [7, 11) is 1.42. The molecule has 2 aromatic rings. The monoisotopic (exact) mass is 484 g/mol. The third-order valence-electron chi connectivity index (χ3n) is 5.81. The highest BCUT2D eigenvalue weighted by atomic mass is 16.7. The molecular weight excluding hydrogens is 452 g/mol. The molecule has 1 N–H and O–H groups in total. The lowest BCUT2D eigenvalue weighted by Crippen LogP contribution is -2.43. The highest BCUT2D eigenvalue weighted by Gasteiger charge is 2.30. The number of benzene rings is 1. The minimum absolute atomic E-state index is 0.0153. The van der Waals surface area contributed by atoms with E-state index in [-0.39, 0.29) is 23.3 Å². The van der Waals surface area contributed by atoms with Crippen molar-refractivity contribution in [2.75, 3.05) is 13.9 Å². The maximum absolute atomic E-state index is 13.1. The Kier molecular flexibility index (Phi) is 9.46. The fourth-order valence-electron chi connectivity index (χ4n) is 4.20. The first-order valence-corrected chi connectivity index (χ1v) is 11.7. The van der Waals surface area contributed by atoms with Crippen LogP contribution < -0.4 is 14.8 Å². The van der Waals surface area contributed by atoms with Crippen LogP contribution in [0.3, 0.4) is 0 Å². The zero-order chi connectivity index (χ0) is 25.2. The second-order valence-electron chi connectivity index (χ2n) is 8.58. The number of nitrogens with one attached hydrogen (secondary N) is 1. The van der Waals surface area contributed by atoms with Gasteiger partial charge in [-0.1, -0.05) is 36.8 Å². The zero-order valence-electron chi connectivity index (χ0n) is 20.3. The number of pyridine rings is 1. The number of cyclic esters (lactones) is 1. The van der Waals surface area contributed by atoms with Gasteiger partial charge in [0.1, 0.15) is 6.04 Å². The molecule has 2 heterocycles. The van der Waals surface area contributed by atoms with E-state index in [4.69, 9.17) is 18.9 Å². The van der Waals surface area contributed by atoms with Crippen LogP contribution in [0.2, 0.25) is 0 Å². The number of rotatable bonds is 8. The van der Waals surface area contributed by atoms with Gasteiger partial charge in [0, 0.05) is 19.2 Å². The molecule has 9 nitrogen and oxygen atoms in total. The minimum Gasteiger partial charge on any atom is -0.493 e. The third kappa shape index (κ3) is 7.70. The van der Waals surface area contributed by atoms with E-state index < -0.39 is 30.7 Å². The molecule has 0 aliphatic carbocycles.